The molecule has 0 aliphatic carbocycles. The van der Waals surface area contributed by atoms with Gasteiger partial charge < -0.3 is 14.0 Å². The maximum atomic E-state index is 5.87. The second kappa shape index (κ2) is 6.84. The molecule has 0 N–H and O–H groups in total. The quantitative estimate of drug-likeness (QED) is 0.722. The molecular weight excluding hydrogens is 302 g/mol. The second-order valence-electron chi connectivity index (χ2n) is 5.81. The van der Waals surface area contributed by atoms with Crippen molar-refractivity contribution in [1.29, 1.82) is 0 Å². The van der Waals surface area contributed by atoms with Crippen molar-refractivity contribution in [2.45, 2.75) is 19.1 Å². The molecule has 4 rings (SSSR count). The highest BCUT2D eigenvalue weighted by molar-refractivity contribution is 5.58. The normalized spacial score (nSPS) is 17.1. The molecule has 1 unspecified atom stereocenters. The lowest BCUT2D eigenvalue weighted by molar-refractivity contribution is 0.187. The maximum absolute atomic E-state index is 5.87. The topological polar surface area (TPSA) is 49.2 Å². The monoisotopic (exact) mass is 321 g/mol. The van der Waals surface area contributed by atoms with E-state index < -0.39 is 0 Å². The molecule has 1 fully saturated rings. The molecule has 0 bridgehead atoms. The highest BCUT2D eigenvalue weighted by Gasteiger charge is 2.20. The Balaban J connectivity index is 1.54. The van der Waals surface area contributed by atoms with Crippen LogP contribution in [0.2, 0.25) is 0 Å². The van der Waals surface area contributed by atoms with E-state index >= 15 is 0 Å². The molecule has 5 nitrogen and oxygen atoms in total. The number of nitrogens with zero attached hydrogens (tertiary/aromatic N) is 3. The van der Waals surface area contributed by atoms with Crippen molar-refractivity contribution in [3.05, 3.63) is 66.7 Å². The van der Waals surface area contributed by atoms with Crippen LogP contribution in [0.15, 0.2) is 61.1 Å². The summed E-state index contributed by atoms with van der Waals surface area (Å²) in [5.74, 6) is 1.77. The zero-order valence-electron chi connectivity index (χ0n) is 13.3. The molecule has 24 heavy (non-hydrogen) atoms. The van der Waals surface area contributed by atoms with Gasteiger partial charge >= 0.3 is 0 Å². The van der Waals surface area contributed by atoms with Crippen LogP contribution in [0.25, 0.3) is 11.4 Å². The predicted molar refractivity (Wildman–Crippen MR) is 90.7 cm³/mol. The van der Waals surface area contributed by atoms with Crippen molar-refractivity contribution >= 4 is 0 Å². The number of imidazole rings is 1. The molecule has 3 heterocycles. The molecule has 3 aromatic rings. The number of hydrogen-bond donors (Lipinski definition) is 0. The zero-order chi connectivity index (χ0) is 16.2. The molecule has 0 amide bonds. The molecule has 0 spiro atoms. The molecule has 1 saturated heterocycles. The SMILES string of the molecule is c1ccc(COc2cccc(-c3nccn3C3CCOC3)c2)nc1. The third-order valence-corrected chi connectivity index (χ3v) is 4.17. The lowest BCUT2D eigenvalue weighted by Gasteiger charge is -2.14. The van der Waals surface area contributed by atoms with Gasteiger partial charge in [0.15, 0.2) is 0 Å². The van der Waals surface area contributed by atoms with E-state index in [0.717, 1.165) is 42.5 Å². The Morgan fingerprint density at radius 3 is 2.96 bits per heavy atom. The van der Waals surface area contributed by atoms with Crippen LogP contribution >= 0.6 is 0 Å². The van der Waals surface area contributed by atoms with E-state index in [1.165, 1.54) is 0 Å². The van der Waals surface area contributed by atoms with Crippen LogP contribution in [0.3, 0.4) is 0 Å². The van der Waals surface area contributed by atoms with E-state index in [4.69, 9.17) is 9.47 Å². The average molecular weight is 321 g/mol. The van der Waals surface area contributed by atoms with Crippen LogP contribution in [0.5, 0.6) is 5.75 Å². The Bertz CT molecular complexity index is 795. The molecule has 0 saturated carbocycles. The minimum absolute atomic E-state index is 0.362. The van der Waals surface area contributed by atoms with Gasteiger partial charge in [0.1, 0.15) is 18.2 Å². The predicted octanol–water partition coefficient (Wildman–Crippen LogP) is 3.49. The van der Waals surface area contributed by atoms with Crippen molar-refractivity contribution in [1.82, 2.24) is 14.5 Å². The smallest absolute Gasteiger partial charge is 0.140 e. The highest BCUT2D eigenvalue weighted by Crippen LogP contribution is 2.28. The largest absolute Gasteiger partial charge is 0.487 e. The summed E-state index contributed by atoms with van der Waals surface area (Å²) in [7, 11) is 0. The van der Waals surface area contributed by atoms with E-state index in [-0.39, 0.29) is 0 Å². The highest BCUT2D eigenvalue weighted by atomic mass is 16.5. The Morgan fingerprint density at radius 2 is 2.12 bits per heavy atom. The van der Waals surface area contributed by atoms with Gasteiger partial charge in [-0.3, -0.25) is 4.98 Å². The van der Waals surface area contributed by atoms with Gasteiger partial charge in [0.05, 0.1) is 18.3 Å². The van der Waals surface area contributed by atoms with Crippen molar-refractivity contribution in [3.8, 4) is 17.1 Å². The van der Waals surface area contributed by atoms with Crippen molar-refractivity contribution in [3.63, 3.8) is 0 Å². The van der Waals surface area contributed by atoms with Gasteiger partial charge in [-0.25, -0.2) is 4.98 Å². The minimum Gasteiger partial charge on any atom is -0.487 e. The summed E-state index contributed by atoms with van der Waals surface area (Å²) in [6.07, 6.45) is 6.67. The fourth-order valence-electron chi connectivity index (χ4n) is 2.94. The van der Waals surface area contributed by atoms with Crippen molar-refractivity contribution < 1.29 is 9.47 Å². The van der Waals surface area contributed by atoms with Gasteiger partial charge in [-0.1, -0.05) is 18.2 Å². The Morgan fingerprint density at radius 1 is 1.12 bits per heavy atom. The third kappa shape index (κ3) is 3.16. The first-order valence-electron chi connectivity index (χ1n) is 8.14. The zero-order valence-corrected chi connectivity index (χ0v) is 13.3. The summed E-state index contributed by atoms with van der Waals surface area (Å²) in [4.78, 5) is 8.81. The van der Waals surface area contributed by atoms with Crippen LogP contribution < -0.4 is 4.74 Å². The van der Waals surface area contributed by atoms with Gasteiger partial charge in [-0.2, -0.15) is 0 Å². The lowest BCUT2D eigenvalue weighted by Crippen LogP contribution is -2.09. The number of pyridine rings is 1. The average Bonchev–Trinajstić information content (AvgIpc) is 3.32. The summed E-state index contributed by atoms with van der Waals surface area (Å²) in [6.45, 7) is 2.02. The Hall–Kier alpha value is -2.66. The Labute approximate surface area is 140 Å². The van der Waals surface area contributed by atoms with Crippen LogP contribution in [-0.4, -0.2) is 27.7 Å². The first kappa shape index (κ1) is 14.9. The maximum Gasteiger partial charge on any atom is 0.140 e. The second-order valence-corrected chi connectivity index (χ2v) is 5.81. The van der Waals surface area contributed by atoms with Gasteiger partial charge in [0.2, 0.25) is 0 Å². The van der Waals surface area contributed by atoms with E-state index in [1.54, 1.807) is 6.20 Å². The summed E-state index contributed by atoms with van der Waals surface area (Å²) >= 11 is 0. The van der Waals surface area contributed by atoms with Gasteiger partial charge in [-0.05, 0) is 30.7 Å². The van der Waals surface area contributed by atoms with E-state index in [1.807, 2.05) is 48.8 Å². The van der Waals surface area contributed by atoms with Gasteiger partial charge in [-0.15, -0.1) is 0 Å². The summed E-state index contributed by atoms with van der Waals surface area (Å²) in [5, 5.41) is 0. The first-order chi connectivity index (χ1) is 11.9. The van der Waals surface area contributed by atoms with Gasteiger partial charge in [0.25, 0.3) is 0 Å². The van der Waals surface area contributed by atoms with Gasteiger partial charge in [0, 0.05) is 30.8 Å². The standard InChI is InChI=1S/C19H19N3O2/c1-2-8-20-16(5-1)13-24-18-6-3-4-15(12-18)19-21-9-10-22(19)17-7-11-23-14-17/h1-6,8-10,12,17H,7,11,13-14H2. The number of rotatable bonds is 5. The number of benzene rings is 1. The molecule has 1 aliphatic rings. The van der Waals surface area contributed by atoms with E-state index in [9.17, 15) is 0 Å². The molecule has 5 heteroatoms. The minimum atomic E-state index is 0.362. The number of aromatic nitrogens is 3. The van der Waals surface area contributed by atoms with E-state index in [2.05, 4.69) is 20.6 Å². The van der Waals surface area contributed by atoms with Crippen LogP contribution in [0.4, 0.5) is 0 Å². The Kier molecular flexibility index (Phi) is 4.25. The van der Waals surface area contributed by atoms with Crippen LogP contribution in [0.1, 0.15) is 18.2 Å². The van der Waals surface area contributed by atoms with Crippen molar-refractivity contribution in [2.24, 2.45) is 0 Å². The number of ether oxygens (including phenoxy) is 2. The third-order valence-electron chi connectivity index (χ3n) is 4.17. The molecule has 1 atom stereocenters. The molecule has 122 valence electrons. The fourth-order valence-corrected chi connectivity index (χ4v) is 2.94. The van der Waals surface area contributed by atoms with E-state index in [0.29, 0.717) is 12.6 Å². The fraction of sp³-hybridized carbons (Fsp3) is 0.263. The molecule has 0 radical (unpaired) electrons. The lowest BCUT2D eigenvalue weighted by atomic mass is 10.2. The summed E-state index contributed by atoms with van der Waals surface area (Å²) in [5.41, 5.74) is 1.96. The number of hydrogen-bond acceptors (Lipinski definition) is 4. The molecule has 1 aliphatic heterocycles. The summed E-state index contributed by atoms with van der Waals surface area (Å²) < 4.78 is 13.6. The first-order valence-corrected chi connectivity index (χ1v) is 8.14. The van der Waals surface area contributed by atoms with Crippen LogP contribution in [0, 0.1) is 0 Å². The van der Waals surface area contributed by atoms with Crippen LogP contribution in [-0.2, 0) is 11.3 Å². The molecule has 1 aromatic carbocycles. The molecular formula is C19H19N3O2. The van der Waals surface area contributed by atoms with Crippen molar-refractivity contribution in [2.75, 3.05) is 13.2 Å². The molecule has 2 aromatic heterocycles. The summed E-state index contributed by atoms with van der Waals surface area (Å²) in [6, 6.07) is 14.2.